The lowest BCUT2D eigenvalue weighted by Gasteiger charge is -2.29. The maximum Gasteiger partial charge on any atom is 0.265 e. The van der Waals surface area contributed by atoms with Gasteiger partial charge in [0.1, 0.15) is 17.6 Å². The van der Waals surface area contributed by atoms with Crippen molar-refractivity contribution in [1.82, 2.24) is 30.0 Å². The fraction of sp³-hybridized carbons (Fsp3) is 0.400. The maximum atomic E-state index is 12.8. The Hall–Kier alpha value is -4.07. The summed E-state index contributed by atoms with van der Waals surface area (Å²) in [6.45, 7) is 7.33. The minimum Gasteiger partial charge on any atom is -0.482 e. The van der Waals surface area contributed by atoms with Crippen molar-refractivity contribution in [3.63, 3.8) is 0 Å². The predicted molar refractivity (Wildman–Crippen MR) is 158 cm³/mol. The van der Waals surface area contributed by atoms with E-state index in [4.69, 9.17) is 26.4 Å². The second kappa shape index (κ2) is 12.2. The second-order valence-electron chi connectivity index (χ2n) is 10.6. The minimum atomic E-state index is -0.194. The van der Waals surface area contributed by atoms with Gasteiger partial charge in [-0.2, -0.15) is 10.4 Å². The summed E-state index contributed by atoms with van der Waals surface area (Å²) < 4.78 is 7.89. The normalized spacial score (nSPS) is 13.8. The number of hydrogen-bond acceptors (Lipinski definition) is 8. The zero-order valence-electron chi connectivity index (χ0n) is 23.7. The van der Waals surface area contributed by atoms with Crippen molar-refractivity contribution < 1.29 is 9.53 Å². The Kier molecular flexibility index (Phi) is 8.47. The van der Waals surface area contributed by atoms with Gasteiger partial charge in [-0.15, -0.1) is 0 Å². The van der Waals surface area contributed by atoms with E-state index in [0.717, 1.165) is 47.2 Å². The molecule has 1 aliphatic rings. The number of rotatable bonds is 10. The molecule has 3 aromatic heterocycles. The Labute approximate surface area is 244 Å². The van der Waals surface area contributed by atoms with Crippen LogP contribution >= 0.6 is 11.6 Å². The van der Waals surface area contributed by atoms with Crippen LogP contribution in [-0.4, -0.2) is 50.8 Å². The molecule has 4 aromatic rings. The summed E-state index contributed by atoms with van der Waals surface area (Å²) in [5.41, 5.74) is 4.26. The molecule has 11 heteroatoms. The lowest BCUT2D eigenvalue weighted by Crippen LogP contribution is -2.38. The van der Waals surface area contributed by atoms with Crippen LogP contribution in [0.3, 0.4) is 0 Å². The van der Waals surface area contributed by atoms with Gasteiger partial charge in [-0.3, -0.25) is 9.69 Å². The number of benzene rings is 1. The third-order valence-electron chi connectivity index (χ3n) is 7.24. The van der Waals surface area contributed by atoms with Crippen molar-refractivity contribution in [2.75, 3.05) is 25.1 Å². The first-order valence-corrected chi connectivity index (χ1v) is 14.2. The molecule has 10 nitrogen and oxygen atoms in total. The molecule has 41 heavy (non-hydrogen) atoms. The van der Waals surface area contributed by atoms with Gasteiger partial charge in [0.2, 0.25) is 0 Å². The van der Waals surface area contributed by atoms with Gasteiger partial charge in [0.15, 0.2) is 12.3 Å². The largest absolute Gasteiger partial charge is 0.482 e. The van der Waals surface area contributed by atoms with Crippen LogP contribution in [0, 0.1) is 17.2 Å². The van der Waals surface area contributed by atoms with Crippen LogP contribution in [0.5, 0.6) is 5.75 Å². The van der Waals surface area contributed by atoms with Crippen LogP contribution < -0.4 is 15.0 Å². The molecule has 5 rings (SSSR count). The van der Waals surface area contributed by atoms with E-state index in [2.05, 4.69) is 42.1 Å². The Morgan fingerprint density at radius 1 is 1.22 bits per heavy atom. The summed E-state index contributed by atoms with van der Waals surface area (Å²) in [7, 11) is 1.94. The zero-order valence-corrected chi connectivity index (χ0v) is 24.4. The standard InChI is InChI=1S/C30H33ClN8O2/c1-5-21(8-9-33-4)39-30-23(15-36-39)29(22(12-32)24(37-30)10-18(2)3)19-6-7-25-26(11-19)41-17-28(40)38(25)16-27-34-13-20(31)14-35-27/h6-7,11,13-15,18,21,33H,5,8-10,16-17H2,1-4H3. The minimum absolute atomic E-state index is 0.110. The van der Waals surface area contributed by atoms with Gasteiger partial charge in [0.05, 0.1) is 40.8 Å². The number of anilines is 1. The van der Waals surface area contributed by atoms with E-state index in [-0.39, 0.29) is 25.1 Å². The van der Waals surface area contributed by atoms with Crippen molar-refractivity contribution in [2.24, 2.45) is 5.92 Å². The van der Waals surface area contributed by atoms with Crippen molar-refractivity contribution >= 4 is 34.2 Å². The van der Waals surface area contributed by atoms with Crippen LogP contribution in [0.4, 0.5) is 5.69 Å². The third-order valence-corrected chi connectivity index (χ3v) is 7.44. The highest BCUT2D eigenvalue weighted by Crippen LogP contribution is 2.41. The molecule has 1 aliphatic heterocycles. The van der Waals surface area contributed by atoms with Gasteiger partial charge in [-0.05, 0) is 56.5 Å². The SMILES string of the molecule is CCC(CCNC)n1ncc2c(-c3ccc4c(c3)OCC(=O)N4Cc3ncc(Cl)cn3)c(C#N)c(CC(C)C)nc21. The molecule has 0 fully saturated rings. The number of halogens is 1. The average Bonchev–Trinajstić information content (AvgIpc) is 3.38. The number of carbonyl (C=O) groups is 1. The summed E-state index contributed by atoms with van der Waals surface area (Å²) in [5, 5.41) is 19.6. The first-order valence-electron chi connectivity index (χ1n) is 13.8. The highest BCUT2D eigenvalue weighted by molar-refractivity contribution is 6.30. The van der Waals surface area contributed by atoms with Crippen molar-refractivity contribution in [3.05, 3.63) is 58.9 Å². The molecule has 0 saturated carbocycles. The van der Waals surface area contributed by atoms with Crippen LogP contribution in [0.2, 0.25) is 5.02 Å². The Morgan fingerprint density at radius 2 is 2.00 bits per heavy atom. The van der Waals surface area contributed by atoms with Gasteiger partial charge >= 0.3 is 0 Å². The number of pyridine rings is 1. The smallest absolute Gasteiger partial charge is 0.265 e. The number of amides is 1. The van der Waals surface area contributed by atoms with E-state index in [0.29, 0.717) is 40.2 Å². The number of hydrogen-bond donors (Lipinski definition) is 1. The van der Waals surface area contributed by atoms with E-state index in [1.165, 1.54) is 12.4 Å². The molecule has 0 bridgehead atoms. The van der Waals surface area contributed by atoms with Gasteiger partial charge in [0.25, 0.3) is 5.91 Å². The number of nitrogens with one attached hydrogen (secondary N) is 1. The molecule has 1 amide bonds. The molecule has 1 atom stereocenters. The first-order chi connectivity index (χ1) is 19.8. The highest BCUT2D eigenvalue weighted by atomic mass is 35.5. The van der Waals surface area contributed by atoms with Gasteiger partial charge in [-0.25, -0.2) is 19.6 Å². The van der Waals surface area contributed by atoms with Crippen molar-refractivity contribution in [2.45, 2.75) is 52.6 Å². The van der Waals surface area contributed by atoms with E-state index in [1.807, 2.05) is 36.1 Å². The molecule has 1 aromatic carbocycles. The molecule has 0 spiro atoms. The lowest BCUT2D eigenvalue weighted by atomic mass is 9.93. The second-order valence-corrected chi connectivity index (χ2v) is 11.0. The van der Waals surface area contributed by atoms with Gasteiger partial charge in [-0.1, -0.05) is 38.4 Å². The number of nitrogens with zero attached hydrogens (tertiary/aromatic N) is 7. The molecule has 212 valence electrons. The fourth-order valence-corrected chi connectivity index (χ4v) is 5.33. The monoisotopic (exact) mass is 572 g/mol. The van der Waals surface area contributed by atoms with Crippen LogP contribution in [0.25, 0.3) is 22.2 Å². The number of fused-ring (bicyclic) bond motifs is 2. The van der Waals surface area contributed by atoms with E-state index in [9.17, 15) is 10.1 Å². The summed E-state index contributed by atoms with van der Waals surface area (Å²) in [5.74, 6) is 1.13. The number of nitriles is 1. The predicted octanol–water partition coefficient (Wildman–Crippen LogP) is 5.10. The average molecular weight is 573 g/mol. The third kappa shape index (κ3) is 5.73. The Bertz CT molecular complexity index is 1610. The molecule has 0 saturated heterocycles. The molecule has 4 heterocycles. The Balaban J connectivity index is 1.63. The quantitative estimate of drug-likeness (QED) is 0.278. The molecule has 1 N–H and O–H groups in total. The van der Waals surface area contributed by atoms with Crippen LogP contribution in [-0.2, 0) is 17.8 Å². The molecule has 0 aliphatic carbocycles. The number of ether oxygens (including phenoxy) is 1. The Morgan fingerprint density at radius 3 is 2.68 bits per heavy atom. The van der Waals surface area contributed by atoms with Crippen molar-refractivity contribution in [3.8, 4) is 22.9 Å². The van der Waals surface area contributed by atoms with E-state index < -0.39 is 0 Å². The number of carbonyl (C=O) groups excluding carboxylic acids is 1. The van der Waals surface area contributed by atoms with E-state index in [1.54, 1.807) is 4.90 Å². The summed E-state index contributed by atoms with van der Waals surface area (Å²) in [4.78, 5) is 27.9. The highest BCUT2D eigenvalue weighted by Gasteiger charge is 2.28. The summed E-state index contributed by atoms with van der Waals surface area (Å²) >= 11 is 5.93. The molecule has 0 radical (unpaired) electrons. The number of aromatic nitrogens is 5. The molecular formula is C30H33ClN8O2. The van der Waals surface area contributed by atoms with Gasteiger partial charge < -0.3 is 10.1 Å². The summed E-state index contributed by atoms with van der Waals surface area (Å²) in [6, 6.07) is 8.26. The topological polar surface area (TPSA) is 122 Å². The molecule has 1 unspecified atom stereocenters. The van der Waals surface area contributed by atoms with Crippen LogP contribution in [0.1, 0.15) is 56.7 Å². The van der Waals surface area contributed by atoms with E-state index >= 15 is 0 Å². The zero-order chi connectivity index (χ0) is 29.1. The fourth-order valence-electron chi connectivity index (χ4n) is 5.23. The summed E-state index contributed by atoms with van der Waals surface area (Å²) in [6.07, 6.45) is 7.31. The van der Waals surface area contributed by atoms with Crippen molar-refractivity contribution in [1.29, 1.82) is 5.26 Å². The maximum absolute atomic E-state index is 12.8. The van der Waals surface area contributed by atoms with Gasteiger partial charge in [0, 0.05) is 23.3 Å². The van der Waals surface area contributed by atoms with Crippen LogP contribution in [0.15, 0.2) is 36.8 Å². The lowest BCUT2D eigenvalue weighted by molar-refractivity contribution is -0.121. The first kappa shape index (κ1) is 28.5. The molecular weight excluding hydrogens is 540 g/mol.